The average Bonchev–Trinajstić information content (AvgIpc) is 2.58. The molecule has 1 N–H and O–H groups in total. The highest BCUT2D eigenvalue weighted by Crippen LogP contribution is 2.11. The normalized spacial score (nSPS) is 11.1. The van der Waals surface area contributed by atoms with Gasteiger partial charge in [-0.3, -0.25) is 4.99 Å². The van der Waals surface area contributed by atoms with Crippen molar-refractivity contribution in [1.82, 2.24) is 10.2 Å². The summed E-state index contributed by atoms with van der Waals surface area (Å²) in [5.74, 6) is 0.924. The lowest BCUT2D eigenvalue weighted by atomic mass is 10.2. The number of rotatable bonds is 11. The van der Waals surface area contributed by atoms with E-state index < -0.39 is 0 Å². The number of aliphatic imine (C=N–C) groups is 1. The van der Waals surface area contributed by atoms with Gasteiger partial charge in [-0.05, 0) is 37.5 Å². The quantitative estimate of drug-likeness (QED) is 0.225. The minimum Gasteiger partial charge on any atom is -0.382 e. The molecule has 1 aromatic carbocycles. The van der Waals surface area contributed by atoms with Crippen LogP contribution in [-0.2, 0) is 16.0 Å². The molecule has 0 aliphatic carbocycles. The maximum atomic E-state index is 5.93. The number of unbranched alkanes of at least 4 members (excludes halogenated alkanes) is 1. The van der Waals surface area contributed by atoms with E-state index in [0.717, 1.165) is 50.1 Å². The number of hydrogen-bond donors (Lipinski definition) is 1. The van der Waals surface area contributed by atoms with Gasteiger partial charge in [0.25, 0.3) is 0 Å². The number of ether oxygens (including phenoxy) is 2. The summed E-state index contributed by atoms with van der Waals surface area (Å²) < 4.78 is 10.4. The molecule has 0 aromatic heterocycles. The topological polar surface area (TPSA) is 46.1 Å². The molecule has 25 heavy (non-hydrogen) atoms. The Bertz CT molecular complexity index is 472. The van der Waals surface area contributed by atoms with Gasteiger partial charge in [0.2, 0.25) is 0 Å². The molecule has 0 aliphatic heterocycles. The van der Waals surface area contributed by atoms with Crippen molar-refractivity contribution in [1.29, 1.82) is 0 Å². The fourth-order valence-electron chi connectivity index (χ4n) is 2.15. The van der Waals surface area contributed by atoms with Crippen molar-refractivity contribution in [3.05, 3.63) is 34.9 Å². The Kier molecular flexibility index (Phi) is 15.3. The zero-order valence-corrected chi connectivity index (χ0v) is 18.5. The van der Waals surface area contributed by atoms with Crippen molar-refractivity contribution in [3.8, 4) is 0 Å². The highest BCUT2D eigenvalue weighted by Gasteiger charge is 2.06. The fourth-order valence-corrected chi connectivity index (χ4v) is 2.28. The number of nitrogens with zero attached hydrogens (tertiary/aromatic N) is 2. The van der Waals surface area contributed by atoms with Crippen LogP contribution in [0.1, 0.15) is 25.3 Å². The second-order valence-corrected chi connectivity index (χ2v) is 5.97. The van der Waals surface area contributed by atoms with Gasteiger partial charge in [0, 0.05) is 45.4 Å². The van der Waals surface area contributed by atoms with E-state index >= 15 is 0 Å². The monoisotopic (exact) mass is 483 g/mol. The molecule has 0 spiro atoms. The van der Waals surface area contributed by atoms with E-state index in [0.29, 0.717) is 13.2 Å². The maximum Gasteiger partial charge on any atom is 0.193 e. The maximum absolute atomic E-state index is 5.93. The first kappa shape index (κ1) is 24.4. The van der Waals surface area contributed by atoms with Gasteiger partial charge < -0.3 is 19.7 Å². The molecule has 0 saturated heterocycles. The third-order valence-electron chi connectivity index (χ3n) is 3.42. The molecular weight excluding hydrogens is 453 g/mol. The van der Waals surface area contributed by atoms with Crippen molar-refractivity contribution in [2.45, 2.75) is 26.3 Å². The van der Waals surface area contributed by atoms with Crippen LogP contribution in [0, 0.1) is 0 Å². The van der Waals surface area contributed by atoms with E-state index in [-0.39, 0.29) is 24.0 Å². The molecule has 0 saturated carbocycles. The highest BCUT2D eigenvalue weighted by atomic mass is 127. The number of benzene rings is 1. The van der Waals surface area contributed by atoms with E-state index in [2.05, 4.69) is 22.1 Å². The van der Waals surface area contributed by atoms with Crippen LogP contribution >= 0.6 is 35.6 Å². The zero-order chi connectivity index (χ0) is 17.6. The first-order valence-corrected chi connectivity index (χ1v) is 8.85. The lowest BCUT2D eigenvalue weighted by Crippen LogP contribution is -2.38. The smallest absolute Gasteiger partial charge is 0.193 e. The molecule has 0 radical (unpaired) electrons. The summed E-state index contributed by atoms with van der Waals surface area (Å²) in [5, 5.41) is 4.09. The molecule has 0 atom stereocenters. The van der Waals surface area contributed by atoms with E-state index in [9.17, 15) is 0 Å². The van der Waals surface area contributed by atoms with E-state index in [1.54, 1.807) is 7.11 Å². The summed E-state index contributed by atoms with van der Waals surface area (Å²) in [5.41, 5.74) is 1.21. The Morgan fingerprint density at radius 3 is 2.52 bits per heavy atom. The summed E-state index contributed by atoms with van der Waals surface area (Å²) in [6, 6.07) is 7.91. The summed E-state index contributed by atoms with van der Waals surface area (Å²) in [6.45, 7) is 6.59. The predicted octanol–water partition coefficient (Wildman–Crippen LogP) is 3.80. The summed E-state index contributed by atoms with van der Waals surface area (Å²) in [4.78, 5) is 6.81. The van der Waals surface area contributed by atoms with E-state index in [4.69, 9.17) is 21.1 Å². The molecule has 0 bridgehead atoms. The molecule has 0 heterocycles. The van der Waals surface area contributed by atoms with Gasteiger partial charge in [-0.15, -0.1) is 24.0 Å². The third kappa shape index (κ3) is 11.6. The molecule has 0 unspecified atom stereocenters. The number of halogens is 2. The molecule has 0 amide bonds. The zero-order valence-electron chi connectivity index (χ0n) is 15.5. The van der Waals surface area contributed by atoms with Crippen LogP contribution in [0.3, 0.4) is 0 Å². The number of nitrogens with one attached hydrogen (secondary N) is 1. The molecular formula is C18H31ClIN3O2. The molecule has 5 nitrogen and oxygen atoms in total. The van der Waals surface area contributed by atoms with Crippen LogP contribution in [0.2, 0.25) is 5.02 Å². The Morgan fingerprint density at radius 2 is 1.88 bits per heavy atom. The lowest BCUT2D eigenvalue weighted by molar-refractivity contribution is 0.0690. The number of hydrogen-bond acceptors (Lipinski definition) is 3. The van der Waals surface area contributed by atoms with Crippen molar-refractivity contribution in [2.24, 2.45) is 4.99 Å². The minimum absolute atomic E-state index is 0. The van der Waals surface area contributed by atoms with Crippen LogP contribution < -0.4 is 5.32 Å². The van der Waals surface area contributed by atoms with Crippen molar-refractivity contribution in [3.63, 3.8) is 0 Å². The van der Waals surface area contributed by atoms with Gasteiger partial charge in [-0.1, -0.05) is 23.7 Å². The van der Waals surface area contributed by atoms with Crippen molar-refractivity contribution < 1.29 is 9.47 Å². The molecule has 1 rings (SSSR count). The summed E-state index contributed by atoms with van der Waals surface area (Å²) in [7, 11) is 3.73. The summed E-state index contributed by atoms with van der Waals surface area (Å²) in [6.07, 6.45) is 2.02. The van der Waals surface area contributed by atoms with Gasteiger partial charge in [0.05, 0.1) is 13.2 Å². The van der Waals surface area contributed by atoms with Crippen molar-refractivity contribution >= 4 is 41.5 Å². The van der Waals surface area contributed by atoms with E-state index in [1.807, 2.05) is 31.3 Å². The van der Waals surface area contributed by atoms with Crippen LogP contribution in [0.25, 0.3) is 0 Å². The van der Waals surface area contributed by atoms with Gasteiger partial charge >= 0.3 is 0 Å². The van der Waals surface area contributed by atoms with E-state index in [1.165, 1.54) is 5.56 Å². The SMILES string of the molecule is CCNC(=NCCCCOCCOC)N(C)Cc1ccc(Cl)cc1.I. The first-order chi connectivity index (χ1) is 11.7. The van der Waals surface area contributed by atoms with Crippen LogP contribution in [0.15, 0.2) is 29.3 Å². The molecule has 1 aromatic rings. The van der Waals surface area contributed by atoms with Gasteiger partial charge in [0.15, 0.2) is 5.96 Å². The Hall–Kier alpha value is -0.570. The Morgan fingerprint density at radius 1 is 1.16 bits per heavy atom. The minimum atomic E-state index is 0. The largest absolute Gasteiger partial charge is 0.382 e. The Labute approximate surface area is 174 Å². The van der Waals surface area contributed by atoms with Crippen LogP contribution in [-0.4, -0.2) is 57.9 Å². The fraction of sp³-hybridized carbons (Fsp3) is 0.611. The lowest BCUT2D eigenvalue weighted by Gasteiger charge is -2.22. The second-order valence-electron chi connectivity index (χ2n) is 5.53. The third-order valence-corrected chi connectivity index (χ3v) is 3.67. The van der Waals surface area contributed by atoms with Crippen molar-refractivity contribution in [2.75, 3.05) is 47.1 Å². The first-order valence-electron chi connectivity index (χ1n) is 8.48. The van der Waals surface area contributed by atoms with Crippen LogP contribution in [0.5, 0.6) is 0 Å². The average molecular weight is 484 g/mol. The number of guanidine groups is 1. The predicted molar refractivity (Wildman–Crippen MR) is 116 cm³/mol. The molecule has 7 heteroatoms. The highest BCUT2D eigenvalue weighted by molar-refractivity contribution is 14.0. The van der Waals surface area contributed by atoms with Gasteiger partial charge in [0.1, 0.15) is 0 Å². The van der Waals surface area contributed by atoms with Gasteiger partial charge in [-0.2, -0.15) is 0 Å². The Balaban J connectivity index is 0.00000576. The summed E-state index contributed by atoms with van der Waals surface area (Å²) >= 11 is 5.93. The van der Waals surface area contributed by atoms with Crippen LogP contribution in [0.4, 0.5) is 0 Å². The molecule has 144 valence electrons. The second kappa shape index (κ2) is 15.7. The van der Waals surface area contributed by atoms with Gasteiger partial charge in [-0.25, -0.2) is 0 Å². The number of methoxy groups -OCH3 is 1. The molecule has 0 fully saturated rings. The standard InChI is InChI=1S/C18H30ClN3O2.HI/c1-4-20-18(21-11-5-6-12-24-14-13-23-3)22(2)15-16-7-9-17(19)10-8-16;/h7-10H,4-6,11-15H2,1-3H3,(H,20,21);1H. The molecule has 0 aliphatic rings.